The maximum Gasteiger partial charge on any atom is 0.301 e. The highest BCUT2D eigenvalue weighted by Crippen LogP contribution is 2.45. The fraction of sp³-hybridized carbons (Fsp3) is 0.233. The highest BCUT2D eigenvalue weighted by molar-refractivity contribution is 7.22. The number of aliphatic hydroxyl groups excluding tert-OH is 1. The average molecular weight is 559 g/mol. The molecule has 3 aromatic carbocycles. The molecule has 3 heterocycles. The molecule has 1 aromatic heterocycles. The van der Waals surface area contributed by atoms with E-state index < -0.39 is 17.7 Å². The zero-order valence-electron chi connectivity index (χ0n) is 21.9. The van der Waals surface area contributed by atoms with Crippen LogP contribution >= 0.6 is 11.3 Å². The normalized spacial score (nSPS) is 17.9. The molecule has 1 saturated heterocycles. The van der Waals surface area contributed by atoms with Crippen LogP contribution in [0.2, 0.25) is 0 Å². The fourth-order valence-corrected chi connectivity index (χ4v) is 5.88. The van der Waals surface area contributed by atoms with Gasteiger partial charge in [0.25, 0.3) is 5.78 Å². The molecule has 4 aromatic rings. The summed E-state index contributed by atoms with van der Waals surface area (Å²) in [7, 11) is 0. The minimum Gasteiger partial charge on any atom is -0.507 e. The summed E-state index contributed by atoms with van der Waals surface area (Å²) < 4.78 is 23.3. The maximum absolute atomic E-state index is 13.6. The van der Waals surface area contributed by atoms with Gasteiger partial charge in [0, 0.05) is 5.56 Å². The summed E-state index contributed by atoms with van der Waals surface area (Å²) in [5.41, 5.74) is 1.59. The van der Waals surface area contributed by atoms with Crippen molar-refractivity contribution in [2.24, 2.45) is 0 Å². The number of amides is 1. The quantitative estimate of drug-likeness (QED) is 0.180. The molecular weight excluding hydrogens is 532 g/mol. The second-order valence-electron chi connectivity index (χ2n) is 9.09. The van der Waals surface area contributed by atoms with E-state index in [1.54, 1.807) is 42.5 Å². The Balaban J connectivity index is 1.49. The molecule has 0 saturated carbocycles. The van der Waals surface area contributed by atoms with Gasteiger partial charge in [-0.15, -0.1) is 0 Å². The summed E-state index contributed by atoms with van der Waals surface area (Å²) >= 11 is 1.27. The van der Waals surface area contributed by atoms with Crippen molar-refractivity contribution < 1.29 is 33.6 Å². The molecule has 10 heteroatoms. The van der Waals surface area contributed by atoms with Crippen molar-refractivity contribution in [3.63, 3.8) is 0 Å². The van der Waals surface area contributed by atoms with Crippen LogP contribution in [0.1, 0.15) is 31.0 Å². The van der Waals surface area contributed by atoms with Gasteiger partial charge >= 0.3 is 5.91 Å². The Morgan fingerprint density at radius 2 is 1.65 bits per heavy atom. The lowest BCUT2D eigenvalue weighted by molar-refractivity contribution is -0.132. The lowest BCUT2D eigenvalue weighted by atomic mass is 9.95. The number of hydrogen-bond donors (Lipinski definition) is 1. The average Bonchev–Trinajstić information content (AvgIpc) is 3.50. The number of Topliss-reactive ketones (excluding diaryl/α,β-unsaturated/α-hetero) is 1. The third-order valence-electron chi connectivity index (χ3n) is 6.63. The standard InChI is InChI=1S/C30H26N2O7S/c1-3-36-19-8-5-17(6-9-19)26-25(27(33)18-7-12-22-23(15-18)39-14-13-38-22)28(34)29(35)32(26)30-31-21-11-10-20(37-4-2)16-24(21)40-30/h5-12,15-16,26,33H,3-4,13-14H2,1-2H3/b27-25+. The number of rotatable bonds is 7. The number of carbonyl (C=O) groups excluding carboxylic acids is 2. The first-order valence-corrected chi connectivity index (χ1v) is 13.8. The van der Waals surface area contributed by atoms with Crippen molar-refractivity contribution in [2.75, 3.05) is 31.3 Å². The molecule has 204 valence electrons. The molecule has 2 aliphatic rings. The third kappa shape index (κ3) is 4.50. The molecular formula is C30H26N2O7S. The van der Waals surface area contributed by atoms with Crippen molar-refractivity contribution >= 4 is 44.1 Å². The van der Waals surface area contributed by atoms with E-state index in [9.17, 15) is 14.7 Å². The zero-order valence-corrected chi connectivity index (χ0v) is 22.7. The number of hydrogen-bond acceptors (Lipinski definition) is 9. The number of aliphatic hydroxyl groups is 1. The van der Waals surface area contributed by atoms with E-state index in [2.05, 4.69) is 4.98 Å². The molecule has 1 atom stereocenters. The van der Waals surface area contributed by atoms with E-state index in [0.717, 1.165) is 4.70 Å². The van der Waals surface area contributed by atoms with Crippen LogP contribution in [-0.2, 0) is 9.59 Å². The molecule has 0 aliphatic carbocycles. The van der Waals surface area contributed by atoms with Gasteiger partial charge in [-0.2, -0.15) is 0 Å². The molecule has 0 spiro atoms. The van der Waals surface area contributed by atoms with E-state index in [4.69, 9.17) is 18.9 Å². The summed E-state index contributed by atoms with van der Waals surface area (Å²) in [6.45, 7) is 5.60. The summed E-state index contributed by atoms with van der Waals surface area (Å²) in [6, 6.07) is 16.6. The SMILES string of the molecule is CCOc1ccc(C2/C(=C(\O)c3ccc4c(c3)OCCO4)C(=O)C(=O)N2c2nc3ccc(OCC)cc3s2)cc1. The topological polar surface area (TPSA) is 107 Å². The fourth-order valence-electron chi connectivity index (χ4n) is 4.86. The lowest BCUT2D eigenvalue weighted by Crippen LogP contribution is -2.29. The van der Waals surface area contributed by atoms with Crippen molar-refractivity contribution in [3.8, 4) is 23.0 Å². The second kappa shape index (κ2) is 10.5. The Morgan fingerprint density at radius 3 is 2.40 bits per heavy atom. The van der Waals surface area contributed by atoms with Crippen molar-refractivity contribution in [2.45, 2.75) is 19.9 Å². The Labute approximate surface area is 234 Å². The van der Waals surface area contributed by atoms with Crippen LogP contribution < -0.4 is 23.8 Å². The number of fused-ring (bicyclic) bond motifs is 2. The van der Waals surface area contributed by atoms with Gasteiger partial charge in [-0.1, -0.05) is 23.5 Å². The number of ether oxygens (including phenoxy) is 4. The van der Waals surface area contributed by atoms with Crippen LogP contribution in [0.3, 0.4) is 0 Å². The highest BCUT2D eigenvalue weighted by Gasteiger charge is 2.48. The van der Waals surface area contributed by atoms with Crippen LogP contribution in [0.25, 0.3) is 16.0 Å². The Bertz CT molecular complexity index is 1640. The molecule has 1 unspecified atom stereocenters. The predicted octanol–water partition coefficient (Wildman–Crippen LogP) is 5.49. The highest BCUT2D eigenvalue weighted by atomic mass is 32.1. The third-order valence-corrected chi connectivity index (χ3v) is 7.65. The van der Waals surface area contributed by atoms with E-state index in [1.165, 1.54) is 16.2 Å². The molecule has 1 fully saturated rings. The van der Waals surface area contributed by atoms with Gasteiger partial charge in [0.2, 0.25) is 0 Å². The van der Waals surface area contributed by atoms with Crippen molar-refractivity contribution in [3.05, 3.63) is 77.4 Å². The number of thiazole rings is 1. The monoisotopic (exact) mass is 558 g/mol. The number of benzene rings is 3. The Morgan fingerprint density at radius 1 is 0.950 bits per heavy atom. The summed E-state index contributed by atoms with van der Waals surface area (Å²) in [5, 5.41) is 11.8. The summed E-state index contributed by atoms with van der Waals surface area (Å²) in [5.74, 6) is 0.456. The number of ketones is 1. The molecule has 1 N–H and O–H groups in total. The minimum atomic E-state index is -0.921. The molecule has 2 aliphatic heterocycles. The number of nitrogens with zero attached hydrogens (tertiary/aromatic N) is 2. The molecule has 1 amide bonds. The lowest BCUT2D eigenvalue weighted by Gasteiger charge is -2.23. The molecule has 9 nitrogen and oxygen atoms in total. The molecule has 0 bridgehead atoms. The van der Waals surface area contributed by atoms with E-state index in [-0.39, 0.29) is 11.3 Å². The smallest absolute Gasteiger partial charge is 0.301 e. The van der Waals surface area contributed by atoms with Crippen LogP contribution in [0, 0.1) is 0 Å². The Kier molecular flexibility index (Phi) is 6.77. The molecule has 6 rings (SSSR count). The number of carbonyl (C=O) groups is 2. The number of aromatic nitrogens is 1. The van der Waals surface area contributed by atoms with Gasteiger partial charge in [-0.3, -0.25) is 14.5 Å². The van der Waals surface area contributed by atoms with Gasteiger partial charge in [0.1, 0.15) is 30.5 Å². The van der Waals surface area contributed by atoms with Gasteiger partial charge in [-0.25, -0.2) is 4.98 Å². The predicted molar refractivity (Wildman–Crippen MR) is 151 cm³/mol. The Hall–Kier alpha value is -4.57. The maximum atomic E-state index is 13.6. The van der Waals surface area contributed by atoms with Gasteiger partial charge in [0.15, 0.2) is 16.6 Å². The first-order valence-electron chi connectivity index (χ1n) is 13.0. The molecule has 0 radical (unpaired) electrons. The van der Waals surface area contributed by atoms with Gasteiger partial charge in [0.05, 0.1) is 35.0 Å². The van der Waals surface area contributed by atoms with E-state index in [1.807, 2.05) is 32.0 Å². The first kappa shape index (κ1) is 25.7. The van der Waals surface area contributed by atoms with Crippen molar-refractivity contribution in [1.82, 2.24) is 4.98 Å². The summed E-state index contributed by atoms with van der Waals surface area (Å²) in [4.78, 5) is 33.2. The van der Waals surface area contributed by atoms with E-state index >= 15 is 0 Å². The van der Waals surface area contributed by atoms with Crippen LogP contribution in [0.15, 0.2) is 66.2 Å². The second-order valence-corrected chi connectivity index (χ2v) is 10.1. The van der Waals surface area contributed by atoms with Crippen LogP contribution in [0.4, 0.5) is 5.13 Å². The minimum absolute atomic E-state index is 0.0416. The summed E-state index contributed by atoms with van der Waals surface area (Å²) in [6.07, 6.45) is 0. The van der Waals surface area contributed by atoms with Crippen molar-refractivity contribution in [1.29, 1.82) is 0 Å². The van der Waals surface area contributed by atoms with Crippen LogP contribution in [-0.4, -0.2) is 48.2 Å². The largest absolute Gasteiger partial charge is 0.507 e. The van der Waals surface area contributed by atoms with E-state index in [0.29, 0.717) is 71.2 Å². The van der Waals surface area contributed by atoms with Crippen LogP contribution in [0.5, 0.6) is 23.0 Å². The zero-order chi connectivity index (χ0) is 27.8. The van der Waals surface area contributed by atoms with Gasteiger partial charge < -0.3 is 24.1 Å². The number of anilines is 1. The molecule has 40 heavy (non-hydrogen) atoms. The van der Waals surface area contributed by atoms with Gasteiger partial charge in [-0.05, 0) is 67.9 Å². The first-order chi connectivity index (χ1) is 19.5.